The molecule has 0 aliphatic carbocycles. The zero-order chi connectivity index (χ0) is 30.6. The number of benzene rings is 1. The molecule has 14 nitrogen and oxygen atoms in total. The molecular weight excluding hydrogens is 580 g/mol. The van der Waals surface area contributed by atoms with Gasteiger partial charge in [0.25, 0.3) is 10.1 Å². The molecule has 244 valence electrons. The lowest BCUT2D eigenvalue weighted by atomic mass is 10.2. The Morgan fingerprint density at radius 1 is 0.524 bits per heavy atom. The number of hydrogen-bond donors (Lipinski definition) is 1. The molecule has 1 aromatic rings. The van der Waals surface area contributed by atoms with E-state index in [0.29, 0.717) is 99.1 Å². The summed E-state index contributed by atoms with van der Waals surface area (Å²) in [6.45, 7) is 8.15. The molecule has 1 rings (SSSR count). The molecule has 0 atom stereocenters. The summed E-state index contributed by atoms with van der Waals surface area (Å²) in [6.07, 6.45) is 0. The van der Waals surface area contributed by atoms with E-state index in [1.807, 2.05) is 6.92 Å². The number of ether oxygens (including phenoxy) is 9. The molecule has 0 saturated heterocycles. The van der Waals surface area contributed by atoms with Crippen molar-refractivity contribution in [2.75, 3.05) is 126 Å². The minimum Gasteiger partial charge on any atom is -0.480 e. The van der Waals surface area contributed by atoms with Crippen molar-refractivity contribution in [2.24, 2.45) is 0 Å². The van der Waals surface area contributed by atoms with Crippen LogP contribution in [0.5, 0.6) is 0 Å². The van der Waals surface area contributed by atoms with Crippen LogP contribution in [0.15, 0.2) is 29.2 Å². The van der Waals surface area contributed by atoms with Gasteiger partial charge in [-0.25, -0.2) is 4.79 Å². The number of rotatable bonds is 31. The Hall–Kier alpha value is -1.76. The van der Waals surface area contributed by atoms with Gasteiger partial charge in [0.2, 0.25) is 0 Å². The van der Waals surface area contributed by atoms with Crippen molar-refractivity contribution in [3.63, 3.8) is 0 Å². The number of carbonyl (C=O) groups is 1. The van der Waals surface area contributed by atoms with Gasteiger partial charge in [-0.1, -0.05) is 17.7 Å². The molecule has 0 bridgehead atoms. The second-order valence-electron chi connectivity index (χ2n) is 8.43. The van der Waals surface area contributed by atoms with Gasteiger partial charge < -0.3 is 47.7 Å². The first-order valence-electron chi connectivity index (χ1n) is 13.8. The molecule has 0 aromatic heterocycles. The van der Waals surface area contributed by atoms with Gasteiger partial charge in [-0.3, -0.25) is 4.18 Å². The first kappa shape index (κ1) is 38.3. The third-order valence-electron chi connectivity index (χ3n) is 4.98. The predicted molar refractivity (Wildman–Crippen MR) is 149 cm³/mol. The summed E-state index contributed by atoms with van der Waals surface area (Å²) in [6, 6.07) is 6.46. The Bertz CT molecular complexity index is 866. The van der Waals surface area contributed by atoms with Gasteiger partial charge in [0.1, 0.15) is 6.61 Å². The number of aryl methyl sites for hydroxylation is 1. The number of aliphatic carboxylic acids is 1. The highest BCUT2D eigenvalue weighted by molar-refractivity contribution is 7.86. The van der Waals surface area contributed by atoms with Gasteiger partial charge in [0, 0.05) is 0 Å². The topological polar surface area (TPSA) is 164 Å². The summed E-state index contributed by atoms with van der Waals surface area (Å²) in [5, 5.41) is 8.41. The van der Waals surface area contributed by atoms with E-state index < -0.39 is 16.1 Å². The fourth-order valence-corrected chi connectivity index (χ4v) is 3.79. The Kier molecular flexibility index (Phi) is 24.5. The Morgan fingerprint density at radius 3 is 1.12 bits per heavy atom. The fourth-order valence-electron chi connectivity index (χ4n) is 2.89. The molecule has 0 aliphatic rings. The lowest BCUT2D eigenvalue weighted by molar-refractivity contribution is -0.142. The Labute approximate surface area is 248 Å². The van der Waals surface area contributed by atoms with Crippen LogP contribution in [0.3, 0.4) is 0 Å². The standard InChI is InChI=1S/C27H46O14S/c1-25-2-4-26(5-3-25)42(30,31)41-23-22-39-19-18-37-15-14-35-11-10-33-7-6-32-8-9-34-12-13-36-16-17-38-20-21-40-24-27(28)29/h2-5H,6-24H2,1H3,(H,28,29). The normalized spacial score (nSPS) is 11.7. The maximum Gasteiger partial charge on any atom is 0.329 e. The van der Waals surface area contributed by atoms with Crippen molar-refractivity contribution in [1.82, 2.24) is 0 Å². The molecule has 0 aliphatic heterocycles. The summed E-state index contributed by atoms with van der Waals surface area (Å²) < 4.78 is 76.8. The van der Waals surface area contributed by atoms with Crippen molar-refractivity contribution < 1.29 is 65.1 Å². The molecule has 15 heteroatoms. The van der Waals surface area contributed by atoms with Gasteiger partial charge in [0.05, 0.1) is 124 Å². The molecule has 0 amide bonds. The highest BCUT2D eigenvalue weighted by Gasteiger charge is 2.14. The molecule has 42 heavy (non-hydrogen) atoms. The molecule has 0 heterocycles. The minimum absolute atomic E-state index is 0.0656. The average Bonchev–Trinajstić information content (AvgIpc) is 2.96. The van der Waals surface area contributed by atoms with Crippen LogP contribution in [0.1, 0.15) is 5.56 Å². The van der Waals surface area contributed by atoms with Crippen LogP contribution in [0.25, 0.3) is 0 Å². The second kappa shape index (κ2) is 26.8. The van der Waals surface area contributed by atoms with Gasteiger partial charge in [-0.2, -0.15) is 8.42 Å². The van der Waals surface area contributed by atoms with E-state index >= 15 is 0 Å². The van der Waals surface area contributed by atoms with E-state index in [-0.39, 0.29) is 31.3 Å². The SMILES string of the molecule is Cc1ccc(S(=O)(=O)OCCOCCOCCOCCOCCOCCOCCOCCOCCOCC(=O)O)cc1. The van der Waals surface area contributed by atoms with E-state index in [9.17, 15) is 13.2 Å². The van der Waals surface area contributed by atoms with Crippen molar-refractivity contribution in [3.8, 4) is 0 Å². The third kappa shape index (κ3) is 23.8. The van der Waals surface area contributed by atoms with Gasteiger partial charge in [0.15, 0.2) is 0 Å². The molecular formula is C27H46O14S. The van der Waals surface area contributed by atoms with Gasteiger partial charge >= 0.3 is 5.97 Å². The maximum atomic E-state index is 12.0. The zero-order valence-electron chi connectivity index (χ0n) is 24.4. The summed E-state index contributed by atoms with van der Waals surface area (Å²) in [5.74, 6) is -1.00. The average molecular weight is 627 g/mol. The Morgan fingerprint density at radius 2 is 0.810 bits per heavy atom. The second-order valence-corrected chi connectivity index (χ2v) is 10.0. The molecule has 0 fully saturated rings. The van der Waals surface area contributed by atoms with Crippen molar-refractivity contribution >= 4 is 16.1 Å². The van der Waals surface area contributed by atoms with Crippen LogP contribution >= 0.6 is 0 Å². The number of carboxylic acids is 1. The molecule has 0 unspecified atom stereocenters. The third-order valence-corrected chi connectivity index (χ3v) is 6.30. The van der Waals surface area contributed by atoms with Crippen molar-refractivity contribution in [3.05, 3.63) is 29.8 Å². The molecule has 1 N–H and O–H groups in total. The maximum absolute atomic E-state index is 12.0. The van der Waals surface area contributed by atoms with Crippen molar-refractivity contribution in [1.29, 1.82) is 0 Å². The van der Waals surface area contributed by atoms with E-state index in [1.165, 1.54) is 12.1 Å². The highest BCUT2D eigenvalue weighted by Crippen LogP contribution is 2.12. The highest BCUT2D eigenvalue weighted by atomic mass is 32.2. The van der Waals surface area contributed by atoms with Crippen LogP contribution in [0.4, 0.5) is 0 Å². The molecule has 0 saturated carbocycles. The summed E-state index contributed by atoms with van der Waals surface area (Å²) in [4.78, 5) is 10.4. The molecule has 0 radical (unpaired) electrons. The van der Waals surface area contributed by atoms with Gasteiger partial charge in [-0.15, -0.1) is 0 Å². The van der Waals surface area contributed by atoms with E-state index in [4.69, 9.17) is 51.9 Å². The first-order valence-corrected chi connectivity index (χ1v) is 15.2. The minimum atomic E-state index is -3.78. The van der Waals surface area contributed by atoms with E-state index in [2.05, 4.69) is 0 Å². The lowest BCUT2D eigenvalue weighted by Crippen LogP contribution is -2.16. The number of carboxylic acid groups (broad SMARTS) is 1. The molecule has 0 spiro atoms. The summed E-state index contributed by atoms with van der Waals surface area (Å²) in [7, 11) is -3.78. The number of hydrogen-bond acceptors (Lipinski definition) is 13. The van der Waals surface area contributed by atoms with Crippen LogP contribution in [-0.2, 0) is 61.7 Å². The fraction of sp³-hybridized carbons (Fsp3) is 0.741. The Balaban J connectivity index is 1.71. The largest absolute Gasteiger partial charge is 0.480 e. The summed E-state index contributed by atoms with van der Waals surface area (Å²) >= 11 is 0. The van der Waals surface area contributed by atoms with Crippen LogP contribution in [0.2, 0.25) is 0 Å². The monoisotopic (exact) mass is 626 g/mol. The van der Waals surface area contributed by atoms with E-state index in [1.54, 1.807) is 12.1 Å². The quantitative estimate of drug-likeness (QED) is 0.0914. The summed E-state index contributed by atoms with van der Waals surface area (Å²) in [5.41, 5.74) is 0.970. The predicted octanol–water partition coefficient (Wildman–Crippen LogP) is 0.934. The van der Waals surface area contributed by atoms with Gasteiger partial charge in [-0.05, 0) is 19.1 Å². The zero-order valence-corrected chi connectivity index (χ0v) is 25.2. The molecule has 1 aromatic carbocycles. The van der Waals surface area contributed by atoms with Crippen LogP contribution < -0.4 is 0 Å². The smallest absolute Gasteiger partial charge is 0.329 e. The van der Waals surface area contributed by atoms with E-state index in [0.717, 1.165) is 5.56 Å². The first-order chi connectivity index (χ1) is 20.4. The van der Waals surface area contributed by atoms with Crippen LogP contribution in [-0.4, -0.2) is 145 Å². The van der Waals surface area contributed by atoms with Crippen LogP contribution in [0, 0.1) is 6.92 Å². The van der Waals surface area contributed by atoms with Crippen molar-refractivity contribution in [2.45, 2.75) is 11.8 Å². The lowest BCUT2D eigenvalue weighted by Gasteiger charge is -2.09.